The largest absolute Gasteiger partial charge is 0.462 e. The van der Waals surface area contributed by atoms with E-state index in [2.05, 4.69) is 38.1 Å². The van der Waals surface area contributed by atoms with Crippen LogP contribution in [-0.2, 0) is 11.2 Å². The van der Waals surface area contributed by atoms with Crippen LogP contribution in [0.2, 0.25) is 0 Å². The molecular weight excluding hydrogens is 414 g/mol. The van der Waals surface area contributed by atoms with E-state index in [1.54, 1.807) is 12.3 Å². The van der Waals surface area contributed by atoms with Gasteiger partial charge in [-0.25, -0.2) is 14.8 Å². The Morgan fingerprint density at radius 1 is 1.18 bits per heavy atom. The number of fused-ring (bicyclic) bond motifs is 6. The molecule has 6 rings (SSSR count). The number of rotatable bonds is 4. The third-order valence-electron chi connectivity index (χ3n) is 6.11. The molecule has 2 aliphatic rings. The second-order valence-electron chi connectivity index (χ2n) is 7.99. The molecule has 0 amide bonds. The molecule has 0 fully saturated rings. The number of allylic oxidation sites excluding steroid dienone is 1. The predicted molar refractivity (Wildman–Crippen MR) is 128 cm³/mol. The van der Waals surface area contributed by atoms with Crippen LogP contribution in [0.5, 0.6) is 0 Å². The predicted octanol–water partition coefficient (Wildman–Crippen LogP) is 4.62. The summed E-state index contributed by atoms with van der Waals surface area (Å²) in [7, 11) is 0. The van der Waals surface area contributed by atoms with Gasteiger partial charge >= 0.3 is 5.97 Å². The number of hydrogen-bond acceptors (Lipinski definition) is 6. The molecule has 162 valence electrons. The quantitative estimate of drug-likeness (QED) is 0.473. The molecule has 0 unspecified atom stereocenters. The summed E-state index contributed by atoms with van der Waals surface area (Å²) < 4.78 is 5.37. The normalized spacial score (nSPS) is 14.2. The van der Waals surface area contributed by atoms with Crippen LogP contribution < -0.4 is 4.90 Å². The lowest BCUT2D eigenvalue weighted by Crippen LogP contribution is -2.24. The van der Waals surface area contributed by atoms with Crippen LogP contribution in [-0.4, -0.2) is 39.9 Å². The van der Waals surface area contributed by atoms with Crippen molar-refractivity contribution in [2.75, 3.05) is 18.2 Å². The van der Waals surface area contributed by atoms with Crippen molar-refractivity contribution in [1.29, 1.82) is 0 Å². The summed E-state index contributed by atoms with van der Waals surface area (Å²) >= 11 is 0. The highest BCUT2D eigenvalue weighted by molar-refractivity contribution is 6.14. The minimum atomic E-state index is -0.351. The average molecular weight is 435 g/mol. The third-order valence-corrected chi connectivity index (χ3v) is 6.11. The lowest BCUT2D eigenvalue weighted by molar-refractivity contribution is 0.0527. The number of nitrogens with zero attached hydrogens (tertiary/aromatic N) is 4. The van der Waals surface area contributed by atoms with E-state index in [-0.39, 0.29) is 5.97 Å². The minimum Gasteiger partial charge on any atom is -0.462 e. The number of carbonyl (C=O) groups is 1. The molecule has 0 saturated heterocycles. The smallest absolute Gasteiger partial charge is 0.340 e. The number of esters is 1. The minimum absolute atomic E-state index is 0.312. The van der Waals surface area contributed by atoms with E-state index in [0.717, 1.165) is 39.4 Å². The number of hydrogen-bond donors (Lipinski definition) is 1. The molecule has 1 N–H and O–H groups in total. The topological polar surface area (TPSA) is 83.5 Å². The molecular formula is C26H21N5O2. The van der Waals surface area contributed by atoms with E-state index in [0.29, 0.717) is 25.3 Å². The van der Waals surface area contributed by atoms with Crippen molar-refractivity contribution in [1.82, 2.24) is 15.0 Å². The molecule has 0 saturated carbocycles. The van der Waals surface area contributed by atoms with Gasteiger partial charge in [-0.3, -0.25) is 4.99 Å². The monoisotopic (exact) mass is 435 g/mol. The molecule has 4 aromatic rings. The van der Waals surface area contributed by atoms with Crippen molar-refractivity contribution in [2.45, 2.75) is 13.3 Å². The maximum atomic E-state index is 12.9. The lowest BCUT2D eigenvalue weighted by Gasteiger charge is -2.23. The average Bonchev–Trinajstić information content (AvgIpc) is 3.40. The number of aromatic nitrogens is 3. The molecule has 0 bridgehead atoms. The Morgan fingerprint density at radius 3 is 3.00 bits per heavy atom. The van der Waals surface area contributed by atoms with Gasteiger partial charge < -0.3 is 14.6 Å². The van der Waals surface area contributed by atoms with E-state index < -0.39 is 0 Å². The summed E-state index contributed by atoms with van der Waals surface area (Å²) in [5.41, 5.74) is 8.03. The summed E-state index contributed by atoms with van der Waals surface area (Å²) in [5, 5.41) is 1.18. The van der Waals surface area contributed by atoms with Crippen LogP contribution in [0.4, 0.5) is 5.69 Å². The first-order chi connectivity index (χ1) is 16.2. The van der Waals surface area contributed by atoms with Gasteiger partial charge in [0.25, 0.3) is 0 Å². The number of aromatic amines is 1. The Morgan fingerprint density at radius 2 is 2.09 bits per heavy atom. The van der Waals surface area contributed by atoms with Crippen LogP contribution >= 0.6 is 0 Å². The number of carbonyl (C=O) groups excluding carboxylic acids is 1. The molecule has 0 atom stereocenters. The zero-order chi connectivity index (χ0) is 22.4. The van der Waals surface area contributed by atoms with E-state index in [1.165, 1.54) is 17.3 Å². The van der Waals surface area contributed by atoms with Crippen LogP contribution in [0, 0.1) is 0 Å². The SMILES string of the molecule is CCOC(=O)c1cccc2c1N1CN=C(Cc3c[nH]c4ccccc34)C1=Cc1cncnc1-2. The number of benzene rings is 2. The Kier molecular flexibility index (Phi) is 4.54. The second kappa shape index (κ2) is 7.70. The first-order valence-electron chi connectivity index (χ1n) is 10.9. The van der Waals surface area contributed by atoms with Gasteiger partial charge in [-0.05, 0) is 30.7 Å². The van der Waals surface area contributed by atoms with E-state index >= 15 is 0 Å². The molecule has 2 aromatic heterocycles. The summed E-state index contributed by atoms with van der Waals surface area (Å²) in [4.78, 5) is 32.0. The maximum absolute atomic E-state index is 12.9. The van der Waals surface area contributed by atoms with Gasteiger partial charge in [-0.2, -0.15) is 0 Å². The number of anilines is 1. The highest BCUT2D eigenvalue weighted by Gasteiger charge is 2.33. The van der Waals surface area contributed by atoms with Gasteiger partial charge in [-0.15, -0.1) is 0 Å². The molecule has 0 aliphatic carbocycles. The van der Waals surface area contributed by atoms with Crippen molar-refractivity contribution in [2.24, 2.45) is 4.99 Å². The van der Waals surface area contributed by atoms with Crippen molar-refractivity contribution >= 4 is 34.3 Å². The molecule has 7 nitrogen and oxygen atoms in total. The van der Waals surface area contributed by atoms with E-state index in [1.807, 2.05) is 37.4 Å². The third kappa shape index (κ3) is 3.12. The van der Waals surface area contributed by atoms with Crippen LogP contribution in [0.3, 0.4) is 0 Å². The summed E-state index contributed by atoms with van der Waals surface area (Å²) in [6.45, 7) is 2.55. The van der Waals surface area contributed by atoms with Gasteiger partial charge in [0.2, 0.25) is 0 Å². The number of aliphatic imine (C=N–C) groups is 1. The molecule has 2 aliphatic heterocycles. The lowest BCUT2D eigenvalue weighted by atomic mass is 10.0. The molecule has 2 aromatic carbocycles. The number of para-hydroxylation sites is 2. The molecule has 33 heavy (non-hydrogen) atoms. The Bertz CT molecular complexity index is 1470. The van der Waals surface area contributed by atoms with Gasteiger partial charge in [0.15, 0.2) is 0 Å². The molecule has 7 heteroatoms. The van der Waals surface area contributed by atoms with Crippen LogP contribution in [0.25, 0.3) is 28.2 Å². The van der Waals surface area contributed by atoms with Gasteiger partial charge in [0.05, 0.1) is 35.0 Å². The molecule has 4 heterocycles. The van der Waals surface area contributed by atoms with Gasteiger partial charge in [-0.1, -0.05) is 30.3 Å². The zero-order valence-electron chi connectivity index (χ0n) is 18.1. The zero-order valence-corrected chi connectivity index (χ0v) is 18.1. The first kappa shape index (κ1) is 19.4. The van der Waals surface area contributed by atoms with Crippen molar-refractivity contribution in [3.63, 3.8) is 0 Å². The number of ether oxygens (including phenoxy) is 1. The summed E-state index contributed by atoms with van der Waals surface area (Å²) in [5.74, 6) is -0.351. The fourth-order valence-corrected chi connectivity index (χ4v) is 4.64. The van der Waals surface area contributed by atoms with Gasteiger partial charge in [0, 0.05) is 40.8 Å². The highest BCUT2D eigenvalue weighted by atomic mass is 16.5. The summed E-state index contributed by atoms with van der Waals surface area (Å²) in [6, 6.07) is 13.9. The van der Waals surface area contributed by atoms with Gasteiger partial charge in [0.1, 0.15) is 13.0 Å². The fourth-order valence-electron chi connectivity index (χ4n) is 4.64. The van der Waals surface area contributed by atoms with Crippen LogP contribution in [0.15, 0.2) is 71.9 Å². The Balaban J connectivity index is 1.49. The van der Waals surface area contributed by atoms with Crippen molar-refractivity contribution in [3.05, 3.63) is 83.6 Å². The summed E-state index contributed by atoms with van der Waals surface area (Å²) in [6.07, 6.45) is 8.14. The van der Waals surface area contributed by atoms with Crippen molar-refractivity contribution < 1.29 is 9.53 Å². The first-order valence-corrected chi connectivity index (χ1v) is 10.9. The number of H-pyrrole nitrogens is 1. The fraction of sp³-hybridized carbons (Fsp3) is 0.154. The van der Waals surface area contributed by atoms with E-state index in [4.69, 9.17) is 9.73 Å². The molecule has 0 radical (unpaired) electrons. The Hall–Kier alpha value is -4.26. The standard InChI is InChI=1S/C26H21N5O2/c1-2-33-26(32)20-8-5-7-19-24-17(12-27-14-29-24)11-23-22(30-15-31(23)25(19)20)10-16-13-28-21-9-4-3-6-18(16)21/h3-9,11-14,28H,2,10,15H2,1H3. The second-order valence-corrected chi connectivity index (χ2v) is 7.99. The molecule has 0 spiro atoms. The number of nitrogens with one attached hydrogen (secondary N) is 1. The Labute approximate surface area is 190 Å². The van der Waals surface area contributed by atoms with Crippen LogP contribution in [0.1, 0.15) is 28.4 Å². The maximum Gasteiger partial charge on any atom is 0.340 e. The van der Waals surface area contributed by atoms with E-state index in [9.17, 15) is 4.79 Å². The highest BCUT2D eigenvalue weighted by Crippen LogP contribution is 2.42. The van der Waals surface area contributed by atoms with Crippen molar-refractivity contribution in [3.8, 4) is 11.3 Å².